The molecule has 1 aromatic rings. The molecule has 0 amide bonds. The molecule has 1 unspecified atom stereocenters. The van der Waals surface area contributed by atoms with Gasteiger partial charge in [-0.2, -0.15) is 0 Å². The van der Waals surface area contributed by atoms with Gasteiger partial charge < -0.3 is 0 Å². The van der Waals surface area contributed by atoms with Crippen LogP contribution < -0.4 is 4.46 Å². The van der Waals surface area contributed by atoms with Crippen LogP contribution in [0.4, 0.5) is 0 Å². The Morgan fingerprint density at radius 1 is 1.44 bits per heavy atom. The van der Waals surface area contributed by atoms with Gasteiger partial charge in [-0.05, 0) is 0 Å². The fraction of sp³-hybridized carbons (Fsp3) is 0.417. The number of ether oxygens (including phenoxy) is 1. The molecule has 1 aliphatic carbocycles. The maximum atomic E-state index is 11.3. The number of aliphatic hydroxyl groups is 1. The molecule has 3 nitrogen and oxygen atoms in total. The zero-order chi connectivity index (χ0) is 11.6. The third-order valence-corrected chi connectivity index (χ3v) is 5.97. The minimum absolute atomic E-state index is 0.127. The summed E-state index contributed by atoms with van der Waals surface area (Å²) in [5.74, 6) is -0.504. The molecule has 1 saturated carbocycles. The predicted molar refractivity (Wildman–Crippen MR) is 61.8 cm³/mol. The number of benzene rings is 1. The molecule has 0 radical (unpaired) electrons. The van der Waals surface area contributed by atoms with Crippen molar-refractivity contribution in [2.45, 2.75) is 23.3 Å². The summed E-state index contributed by atoms with van der Waals surface area (Å²) in [4.78, 5) is 11.3. The predicted octanol–water partition coefficient (Wildman–Crippen LogP) is 0.502. The van der Waals surface area contributed by atoms with E-state index in [1.165, 1.54) is 11.6 Å². The zero-order valence-corrected chi connectivity index (χ0v) is 10.8. The van der Waals surface area contributed by atoms with Crippen LogP contribution in [0.2, 0.25) is 4.31 Å². The summed E-state index contributed by atoms with van der Waals surface area (Å²) < 4.78 is 5.59. The van der Waals surface area contributed by atoms with E-state index in [0.717, 1.165) is 12.8 Å². The molecule has 0 saturated heterocycles. The van der Waals surface area contributed by atoms with E-state index in [0.29, 0.717) is 0 Å². The van der Waals surface area contributed by atoms with Crippen LogP contribution in [0, 0.1) is 0 Å². The number of carbonyl (C=O) groups is 1. The number of rotatable bonds is 4. The average Bonchev–Trinajstić information content (AvgIpc) is 3.09. The van der Waals surface area contributed by atoms with Crippen molar-refractivity contribution in [2.24, 2.45) is 0 Å². The third-order valence-electron chi connectivity index (χ3n) is 2.73. The summed E-state index contributed by atoms with van der Waals surface area (Å²) in [5.41, 5.74) is 0. The van der Waals surface area contributed by atoms with Crippen molar-refractivity contribution in [3.8, 4) is 0 Å². The Labute approximate surface area is 101 Å². The van der Waals surface area contributed by atoms with Crippen LogP contribution in [0.15, 0.2) is 30.3 Å². The van der Waals surface area contributed by atoms with E-state index < -0.39 is 12.1 Å². The number of esters is 1. The molecular formula is C12H14O3Se. The fourth-order valence-electron chi connectivity index (χ4n) is 1.60. The Morgan fingerprint density at radius 2 is 2.06 bits per heavy atom. The summed E-state index contributed by atoms with van der Waals surface area (Å²) in [6.45, 7) is 0. The van der Waals surface area contributed by atoms with Crippen molar-refractivity contribution in [2.75, 3.05) is 7.11 Å². The van der Waals surface area contributed by atoms with E-state index in [1.54, 1.807) is 0 Å². The molecule has 4 heteroatoms. The first-order valence-corrected chi connectivity index (χ1v) is 6.89. The van der Waals surface area contributed by atoms with E-state index >= 15 is 0 Å². The van der Waals surface area contributed by atoms with Gasteiger partial charge in [0.1, 0.15) is 0 Å². The van der Waals surface area contributed by atoms with Gasteiger partial charge >= 0.3 is 101 Å². The van der Waals surface area contributed by atoms with Crippen LogP contribution >= 0.6 is 0 Å². The Bertz CT molecular complexity index is 373. The van der Waals surface area contributed by atoms with Gasteiger partial charge in [-0.1, -0.05) is 0 Å². The van der Waals surface area contributed by atoms with Crippen molar-refractivity contribution < 1.29 is 14.6 Å². The van der Waals surface area contributed by atoms with Crippen LogP contribution in [0.25, 0.3) is 0 Å². The van der Waals surface area contributed by atoms with Gasteiger partial charge in [0.2, 0.25) is 0 Å². The molecule has 1 atom stereocenters. The molecule has 86 valence electrons. The topological polar surface area (TPSA) is 46.5 Å². The maximum absolute atomic E-state index is 11.3. The van der Waals surface area contributed by atoms with Gasteiger partial charge in [0.05, 0.1) is 0 Å². The zero-order valence-electron chi connectivity index (χ0n) is 9.05. The minimum atomic E-state index is -0.960. The number of hydrogen-bond acceptors (Lipinski definition) is 3. The van der Waals surface area contributed by atoms with Crippen LogP contribution in [-0.2, 0) is 9.53 Å². The molecule has 0 heterocycles. The SMILES string of the molecule is COC(=O)C(O)C1([Se]c2ccccc2)CC1. The van der Waals surface area contributed by atoms with Crippen molar-refractivity contribution in [1.82, 2.24) is 0 Å². The van der Waals surface area contributed by atoms with Crippen LogP contribution in [-0.4, -0.2) is 39.2 Å². The summed E-state index contributed by atoms with van der Waals surface area (Å²) in [7, 11) is 1.32. The third kappa shape index (κ3) is 2.29. The standard InChI is InChI=1S/C12H14O3Se/c1-15-11(14)10(13)12(7-8-12)16-9-5-3-2-4-6-9/h2-6,10,13H,7-8H2,1H3. The second kappa shape index (κ2) is 4.58. The Morgan fingerprint density at radius 3 is 2.56 bits per heavy atom. The second-order valence-electron chi connectivity index (χ2n) is 3.91. The molecular weight excluding hydrogens is 271 g/mol. The molecule has 1 N–H and O–H groups in total. The Hall–Kier alpha value is -0.831. The molecule has 0 aliphatic heterocycles. The molecule has 1 aromatic carbocycles. The average molecular weight is 285 g/mol. The quantitative estimate of drug-likeness (QED) is 0.647. The Kier molecular flexibility index (Phi) is 3.33. The molecule has 2 rings (SSSR count). The van der Waals surface area contributed by atoms with Gasteiger partial charge in [-0.3, -0.25) is 0 Å². The summed E-state index contributed by atoms with van der Waals surface area (Å²) in [6, 6.07) is 10.0. The van der Waals surface area contributed by atoms with Crippen LogP contribution in [0.3, 0.4) is 0 Å². The summed E-state index contributed by atoms with van der Waals surface area (Å²) >= 11 is 0.127. The molecule has 0 spiro atoms. The Balaban J connectivity index is 2.07. The van der Waals surface area contributed by atoms with Gasteiger partial charge in [0.25, 0.3) is 0 Å². The van der Waals surface area contributed by atoms with Crippen molar-refractivity contribution in [3.05, 3.63) is 30.3 Å². The van der Waals surface area contributed by atoms with Crippen LogP contribution in [0.1, 0.15) is 12.8 Å². The van der Waals surface area contributed by atoms with Crippen molar-refractivity contribution in [3.63, 3.8) is 0 Å². The second-order valence-corrected chi connectivity index (χ2v) is 7.03. The van der Waals surface area contributed by atoms with E-state index in [2.05, 4.69) is 4.74 Å². The molecule has 0 bridgehead atoms. The molecule has 16 heavy (non-hydrogen) atoms. The van der Waals surface area contributed by atoms with Gasteiger partial charge in [0.15, 0.2) is 0 Å². The van der Waals surface area contributed by atoms with E-state index in [9.17, 15) is 9.90 Å². The van der Waals surface area contributed by atoms with E-state index in [1.807, 2.05) is 30.3 Å². The van der Waals surface area contributed by atoms with Gasteiger partial charge in [-0.15, -0.1) is 0 Å². The normalized spacial score (nSPS) is 18.9. The number of methoxy groups -OCH3 is 1. The monoisotopic (exact) mass is 286 g/mol. The van der Waals surface area contributed by atoms with Crippen molar-refractivity contribution in [1.29, 1.82) is 0 Å². The molecule has 0 aromatic heterocycles. The first kappa shape index (κ1) is 11.6. The van der Waals surface area contributed by atoms with Gasteiger partial charge in [-0.25, -0.2) is 0 Å². The van der Waals surface area contributed by atoms with E-state index in [-0.39, 0.29) is 19.3 Å². The van der Waals surface area contributed by atoms with Crippen LogP contribution in [0.5, 0.6) is 0 Å². The van der Waals surface area contributed by atoms with Crippen molar-refractivity contribution >= 4 is 25.4 Å². The summed E-state index contributed by atoms with van der Waals surface area (Å²) in [6.07, 6.45) is 0.869. The number of hydrogen-bond donors (Lipinski definition) is 1. The molecule has 1 fully saturated rings. The van der Waals surface area contributed by atoms with E-state index in [4.69, 9.17) is 0 Å². The number of aliphatic hydroxyl groups excluding tert-OH is 1. The first-order valence-electron chi connectivity index (χ1n) is 5.18. The summed E-state index contributed by atoms with van der Waals surface area (Å²) in [5, 5.41) is 9.91. The fourth-order valence-corrected chi connectivity index (χ4v) is 4.28. The first-order chi connectivity index (χ1) is 7.68. The van der Waals surface area contributed by atoms with Gasteiger partial charge in [0, 0.05) is 0 Å². The number of carbonyl (C=O) groups excluding carboxylic acids is 1. The molecule has 1 aliphatic rings.